The molecule has 4 aromatic rings. The zero-order chi connectivity index (χ0) is 28.2. The Morgan fingerprint density at radius 2 is 0.975 bits per heavy atom. The van der Waals surface area contributed by atoms with E-state index in [1.165, 1.54) is 22.7 Å². The van der Waals surface area contributed by atoms with Crippen molar-refractivity contribution in [3.63, 3.8) is 0 Å². The summed E-state index contributed by atoms with van der Waals surface area (Å²) in [5, 5.41) is 28.9. The second-order valence-electron chi connectivity index (χ2n) is 8.40. The van der Waals surface area contributed by atoms with Crippen molar-refractivity contribution in [2.45, 2.75) is 25.7 Å². The Bertz CT molecular complexity index is 1330. The molecule has 0 aliphatic carbocycles. The minimum atomic E-state index is -0.385. The van der Waals surface area contributed by atoms with Crippen LogP contribution in [-0.4, -0.2) is 57.1 Å². The number of benzene rings is 2. The summed E-state index contributed by atoms with van der Waals surface area (Å²) in [7, 11) is 0. The number of rotatable bonds is 13. The van der Waals surface area contributed by atoms with Crippen LogP contribution in [0.4, 0.5) is 10.3 Å². The average Bonchev–Trinajstić information content (AvgIpc) is 3.62. The van der Waals surface area contributed by atoms with Gasteiger partial charge in [-0.05, 0) is 37.1 Å². The highest BCUT2D eigenvalue weighted by molar-refractivity contribution is 7.15. The summed E-state index contributed by atoms with van der Waals surface area (Å²) in [6, 6.07) is 17.3. The minimum Gasteiger partial charge on any atom is -0.343 e. The molecule has 0 atom stereocenters. The zero-order valence-corrected chi connectivity index (χ0v) is 22.9. The van der Waals surface area contributed by atoms with E-state index in [1.807, 2.05) is 12.1 Å². The van der Waals surface area contributed by atoms with E-state index in [2.05, 4.69) is 41.7 Å². The van der Waals surface area contributed by atoms with Gasteiger partial charge in [0.2, 0.25) is 22.1 Å². The molecule has 0 aliphatic rings. The van der Waals surface area contributed by atoms with E-state index in [1.54, 1.807) is 48.5 Å². The molecule has 206 valence electrons. The van der Waals surface area contributed by atoms with Crippen molar-refractivity contribution in [2.75, 3.05) is 23.7 Å². The van der Waals surface area contributed by atoms with Crippen molar-refractivity contribution in [3.8, 4) is 0 Å². The molecule has 2 heterocycles. The van der Waals surface area contributed by atoms with Gasteiger partial charge in [0.25, 0.3) is 11.8 Å². The summed E-state index contributed by atoms with van der Waals surface area (Å²) in [4.78, 5) is 48.3. The van der Waals surface area contributed by atoms with Crippen LogP contribution in [0.5, 0.6) is 0 Å². The van der Waals surface area contributed by atoms with E-state index >= 15 is 0 Å². The van der Waals surface area contributed by atoms with Crippen LogP contribution in [-0.2, 0) is 22.4 Å². The summed E-state index contributed by atoms with van der Waals surface area (Å²) in [5.74, 6) is -1.42. The van der Waals surface area contributed by atoms with Gasteiger partial charge in [-0.1, -0.05) is 59.1 Å². The maximum absolute atomic E-state index is 12.1. The fourth-order valence-electron chi connectivity index (χ4n) is 3.39. The molecule has 4 rings (SSSR count). The Labute approximate surface area is 237 Å². The highest BCUT2D eigenvalue weighted by Gasteiger charge is 2.13. The first-order valence-corrected chi connectivity index (χ1v) is 14.0. The van der Waals surface area contributed by atoms with E-state index in [4.69, 9.17) is 0 Å². The molecular weight excluding hydrogens is 552 g/mol. The van der Waals surface area contributed by atoms with E-state index in [-0.39, 0.29) is 36.7 Å². The van der Waals surface area contributed by atoms with Gasteiger partial charge < -0.3 is 10.6 Å². The van der Waals surface area contributed by atoms with Gasteiger partial charge in [0.15, 0.2) is 0 Å². The topological polar surface area (TPSA) is 168 Å². The molecule has 0 fully saturated rings. The summed E-state index contributed by atoms with van der Waals surface area (Å²) >= 11 is 2.57. The lowest BCUT2D eigenvalue weighted by atomic mass is 10.2. The smallest absolute Gasteiger partial charge is 0.251 e. The Kier molecular flexibility index (Phi) is 10.4. The number of hydrogen-bond donors (Lipinski definition) is 4. The first kappa shape index (κ1) is 28.4. The molecule has 2 aromatic heterocycles. The maximum atomic E-state index is 12.1. The van der Waals surface area contributed by atoms with Gasteiger partial charge in [0.05, 0.1) is 13.1 Å². The van der Waals surface area contributed by atoms with Crippen molar-refractivity contribution >= 4 is 56.6 Å². The van der Waals surface area contributed by atoms with Gasteiger partial charge in [-0.15, -0.1) is 20.4 Å². The second-order valence-corrected chi connectivity index (χ2v) is 10.5. The second kappa shape index (κ2) is 14.6. The SMILES string of the molecule is O=C(CNC(=O)c1ccccc1)Nc1nnc(CCCCc2nnc(NC(=O)CNC(=O)c3ccccc3)s2)s1. The van der Waals surface area contributed by atoms with E-state index in [9.17, 15) is 19.2 Å². The maximum Gasteiger partial charge on any atom is 0.251 e. The Morgan fingerprint density at radius 1 is 0.575 bits per heavy atom. The van der Waals surface area contributed by atoms with E-state index < -0.39 is 0 Å². The lowest BCUT2D eigenvalue weighted by Gasteiger charge is -2.04. The Balaban J connectivity index is 1.10. The Hall–Kier alpha value is -4.56. The van der Waals surface area contributed by atoms with Crippen molar-refractivity contribution in [1.29, 1.82) is 0 Å². The molecule has 0 spiro atoms. The molecule has 0 unspecified atom stereocenters. The predicted molar refractivity (Wildman–Crippen MR) is 151 cm³/mol. The van der Waals surface area contributed by atoms with E-state index in [0.717, 1.165) is 22.9 Å². The normalized spacial score (nSPS) is 10.5. The summed E-state index contributed by atoms with van der Waals surface area (Å²) in [6.45, 7) is -0.343. The quantitative estimate of drug-likeness (QED) is 0.176. The number of aromatic nitrogens is 4. The van der Waals surface area contributed by atoms with Gasteiger partial charge in [0, 0.05) is 24.0 Å². The average molecular weight is 579 g/mol. The monoisotopic (exact) mass is 578 g/mol. The molecule has 40 heavy (non-hydrogen) atoms. The first-order chi connectivity index (χ1) is 19.5. The number of nitrogens with zero attached hydrogens (tertiary/aromatic N) is 4. The molecule has 0 bridgehead atoms. The van der Waals surface area contributed by atoms with Crippen molar-refractivity contribution < 1.29 is 19.2 Å². The third-order valence-corrected chi connectivity index (χ3v) is 7.15. The van der Waals surface area contributed by atoms with Crippen LogP contribution in [0.3, 0.4) is 0 Å². The lowest BCUT2D eigenvalue weighted by molar-refractivity contribution is -0.116. The number of aryl methyl sites for hydroxylation is 2. The molecule has 0 saturated carbocycles. The lowest BCUT2D eigenvalue weighted by Crippen LogP contribution is -2.32. The molecule has 4 amide bonds. The molecule has 0 radical (unpaired) electrons. The number of carbonyl (C=O) groups excluding carboxylic acids is 4. The fraction of sp³-hybridized carbons (Fsp3) is 0.231. The van der Waals surface area contributed by atoms with Crippen LogP contribution in [0.1, 0.15) is 43.6 Å². The molecule has 12 nitrogen and oxygen atoms in total. The van der Waals surface area contributed by atoms with Crippen LogP contribution in [0.2, 0.25) is 0 Å². The highest BCUT2D eigenvalue weighted by atomic mass is 32.1. The predicted octanol–water partition coefficient (Wildman–Crippen LogP) is 2.69. The fourth-order valence-corrected chi connectivity index (χ4v) is 4.99. The largest absolute Gasteiger partial charge is 0.343 e. The van der Waals surface area contributed by atoms with Crippen LogP contribution >= 0.6 is 22.7 Å². The van der Waals surface area contributed by atoms with Crippen LogP contribution in [0.25, 0.3) is 0 Å². The highest BCUT2D eigenvalue weighted by Crippen LogP contribution is 2.20. The van der Waals surface area contributed by atoms with Gasteiger partial charge in [0.1, 0.15) is 10.0 Å². The number of unbranched alkanes of at least 4 members (excludes halogenated alkanes) is 1. The molecule has 2 aromatic carbocycles. The van der Waals surface area contributed by atoms with Gasteiger partial charge in [-0.3, -0.25) is 29.8 Å². The number of amides is 4. The minimum absolute atomic E-state index is 0.171. The summed E-state index contributed by atoms with van der Waals surface area (Å²) in [5.41, 5.74) is 0.958. The van der Waals surface area contributed by atoms with Crippen LogP contribution < -0.4 is 21.3 Å². The molecule has 0 aliphatic heterocycles. The third kappa shape index (κ3) is 9.03. The number of carbonyl (C=O) groups is 4. The zero-order valence-electron chi connectivity index (χ0n) is 21.3. The van der Waals surface area contributed by atoms with E-state index in [0.29, 0.717) is 34.2 Å². The van der Waals surface area contributed by atoms with Crippen LogP contribution in [0, 0.1) is 0 Å². The van der Waals surface area contributed by atoms with Crippen molar-refractivity contribution in [1.82, 2.24) is 31.0 Å². The van der Waals surface area contributed by atoms with Crippen molar-refractivity contribution in [3.05, 3.63) is 81.8 Å². The Morgan fingerprint density at radius 3 is 1.38 bits per heavy atom. The van der Waals surface area contributed by atoms with Gasteiger partial charge in [-0.25, -0.2) is 0 Å². The molecular formula is C26H26N8O4S2. The molecule has 14 heteroatoms. The van der Waals surface area contributed by atoms with Crippen LogP contribution in [0.15, 0.2) is 60.7 Å². The third-order valence-electron chi connectivity index (χ3n) is 5.35. The van der Waals surface area contributed by atoms with Crippen molar-refractivity contribution in [2.24, 2.45) is 0 Å². The number of anilines is 2. The van der Waals surface area contributed by atoms with Gasteiger partial charge in [-0.2, -0.15) is 0 Å². The number of nitrogens with one attached hydrogen (secondary N) is 4. The standard InChI is InChI=1S/C26H26N8O4S2/c35-19(15-27-23(37)17-9-3-1-4-10-17)29-25-33-31-21(39-25)13-7-8-14-22-32-34-26(40-22)30-20(36)16-28-24(38)18-11-5-2-6-12-18/h1-6,9-12H,7-8,13-16H2,(H,27,37)(H,28,38)(H,29,33,35)(H,30,34,36). The summed E-state index contributed by atoms with van der Waals surface area (Å²) < 4.78 is 0. The summed E-state index contributed by atoms with van der Waals surface area (Å²) in [6.07, 6.45) is 3.01. The molecule has 0 saturated heterocycles. The van der Waals surface area contributed by atoms with Gasteiger partial charge >= 0.3 is 0 Å². The first-order valence-electron chi connectivity index (χ1n) is 12.4. The number of hydrogen-bond acceptors (Lipinski definition) is 10. The molecule has 4 N–H and O–H groups in total.